The lowest BCUT2D eigenvalue weighted by Gasteiger charge is -2.08. The Hall–Kier alpha value is -4.83. The molecule has 0 saturated heterocycles. The monoisotopic (exact) mass is 450 g/mol. The molecule has 35 heavy (non-hydrogen) atoms. The highest BCUT2D eigenvalue weighted by molar-refractivity contribution is 6.03. The average molecular weight is 451 g/mol. The summed E-state index contributed by atoms with van der Waals surface area (Å²) in [5.74, 6) is 0.906. The summed E-state index contributed by atoms with van der Waals surface area (Å²) in [6.45, 7) is 7.99. The molecule has 0 atom stereocenters. The molecule has 0 spiro atoms. The third-order valence-electron chi connectivity index (χ3n) is 6.83. The Morgan fingerprint density at radius 2 is 1.57 bits per heavy atom. The van der Waals surface area contributed by atoms with Gasteiger partial charge in [-0.1, -0.05) is 67.8 Å². The van der Waals surface area contributed by atoms with Crippen molar-refractivity contribution in [1.82, 2.24) is 18.9 Å². The van der Waals surface area contributed by atoms with Gasteiger partial charge in [-0.05, 0) is 54.1 Å². The van der Waals surface area contributed by atoms with E-state index in [4.69, 9.17) is 4.98 Å². The molecule has 0 unspecified atom stereocenters. The van der Waals surface area contributed by atoms with E-state index in [0.717, 1.165) is 66.8 Å². The fraction of sp³-hybridized carbons (Fsp3) is 0. The van der Waals surface area contributed by atoms with Gasteiger partial charge in [0.15, 0.2) is 0 Å². The molecule has 3 heterocycles. The van der Waals surface area contributed by atoms with Crippen molar-refractivity contribution in [3.63, 3.8) is 0 Å². The number of benzene rings is 4. The number of aromatic nitrogens is 4. The Labute approximate surface area is 202 Å². The highest BCUT2D eigenvalue weighted by Gasteiger charge is 2.20. The van der Waals surface area contributed by atoms with Crippen LogP contribution in [0.15, 0.2) is 104 Å². The summed E-state index contributed by atoms with van der Waals surface area (Å²) in [7, 11) is 0. The zero-order valence-corrected chi connectivity index (χ0v) is 19.1. The van der Waals surface area contributed by atoms with Gasteiger partial charge in [0.2, 0.25) is 5.78 Å². The predicted octanol–water partition coefficient (Wildman–Crippen LogP) is 7.87. The quantitative estimate of drug-likeness (QED) is 0.291. The molecular formula is C31H22N4. The summed E-state index contributed by atoms with van der Waals surface area (Å²) >= 11 is 0. The molecule has 1 N–H and O–H groups in total. The number of fused-ring (bicyclic) bond motifs is 6. The molecule has 0 aliphatic heterocycles. The number of hydrogen-bond donors (Lipinski definition) is 1. The van der Waals surface area contributed by atoms with E-state index < -0.39 is 0 Å². The minimum Gasteiger partial charge on any atom is -0.355 e. The fourth-order valence-electron chi connectivity index (χ4n) is 5.28. The second kappa shape index (κ2) is 7.34. The summed E-state index contributed by atoms with van der Waals surface area (Å²) in [5, 5.41) is 1.14. The third-order valence-corrected chi connectivity index (χ3v) is 6.83. The second-order valence-electron chi connectivity index (χ2n) is 8.70. The molecule has 0 saturated carbocycles. The van der Waals surface area contributed by atoms with Gasteiger partial charge in [-0.3, -0.25) is 8.97 Å². The standard InChI is InChI=1S/C31H22N4/c1-3-22-24-19-20(17-18-26(24)32-25(22)4-2)23-13-10-16-29-30(23)35-28-15-9-8-14-27(28)33-31(35)34(29)21-11-6-5-7-12-21/h3-19,32H,1-2H2. The van der Waals surface area contributed by atoms with E-state index in [0.29, 0.717) is 0 Å². The Bertz CT molecular complexity index is 1930. The first-order valence-corrected chi connectivity index (χ1v) is 11.7. The van der Waals surface area contributed by atoms with Crippen LogP contribution in [0.25, 0.3) is 67.7 Å². The topological polar surface area (TPSA) is 38.0 Å². The third kappa shape index (κ3) is 2.71. The lowest BCUT2D eigenvalue weighted by atomic mass is 10.0. The number of aromatic amines is 1. The maximum Gasteiger partial charge on any atom is 0.220 e. The summed E-state index contributed by atoms with van der Waals surface area (Å²) in [6, 6.07) is 31.8. The van der Waals surface area contributed by atoms with Crippen LogP contribution in [0, 0.1) is 0 Å². The minimum atomic E-state index is 0.906. The van der Waals surface area contributed by atoms with E-state index in [2.05, 4.69) is 106 Å². The molecule has 0 aliphatic carbocycles. The number of para-hydroxylation sites is 4. The maximum atomic E-state index is 5.05. The Morgan fingerprint density at radius 3 is 2.40 bits per heavy atom. The lowest BCUT2D eigenvalue weighted by molar-refractivity contribution is 1.11. The molecule has 0 amide bonds. The molecule has 0 aliphatic rings. The SMILES string of the molecule is C=Cc1[nH]c2ccc(-c3cccc4c3n3c5ccccc5nc3n4-c3ccccc3)cc2c1C=C. The van der Waals surface area contributed by atoms with Gasteiger partial charge in [0.05, 0.1) is 22.1 Å². The fourth-order valence-corrected chi connectivity index (χ4v) is 5.28. The molecule has 166 valence electrons. The van der Waals surface area contributed by atoms with E-state index >= 15 is 0 Å². The second-order valence-corrected chi connectivity index (χ2v) is 8.70. The van der Waals surface area contributed by atoms with Gasteiger partial charge >= 0.3 is 0 Å². The van der Waals surface area contributed by atoms with Gasteiger partial charge < -0.3 is 4.98 Å². The van der Waals surface area contributed by atoms with Crippen LogP contribution in [0.5, 0.6) is 0 Å². The van der Waals surface area contributed by atoms with Gasteiger partial charge in [-0.15, -0.1) is 0 Å². The van der Waals surface area contributed by atoms with Gasteiger partial charge in [-0.25, -0.2) is 4.98 Å². The average Bonchev–Trinajstić information content (AvgIpc) is 3.56. The highest BCUT2D eigenvalue weighted by Crippen LogP contribution is 2.37. The van der Waals surface area contributed by atoms with Crippen LogP contribution in [-0.4, -0.2) is 18.9 Å². The Kier molecular flexibility index (Phi) is 4.11. The van der Waals surface area contributed by atoms with Crippen molar-refractivity contribution in [3.05, 3.63) is 115 Å². The van der Waals surface area contributed by atoms with Crippen LogP contribution in [0.2, 0.25) is 0 Å². The Balaban J connectivity index is 1.63. The number of rotatable bonds is 4. The van der Waals surface area contributed by atoms with Crippen molar-refractivity contribution < 1.29 is 0 Å². The summed E-state index contributed by atoms with van der Waals surface area (Å²) in [4.78, 5) is 8.50. The van der Waals surface area contributed by atoms with Crippen LogP contribution in [0.3, 0.4) is 0 Å². The van der Waals surface area contributed by atoms with Crippen molar-refractivity contribution in [2.24, 2.45) is 0 Å². The number of imidazole rings is 2. The van der Waals surface area contributed by atoms with E-state index in [1.807, 2.05) is 24.3 Å². The largest absolute Gasteiger partial charge is 0.355 e. The first kappa shape index (κ1) is 19.6. The van der Waals surface area contributed by atoms with Crippen LogP contribution in [0.4, 0.5) is 0 Å². The van der Waals surface area contributed by atoms with Crippen molar-refractivity contribution in [3.8, 4) is 16.8 Å². The molecule has 0 bridgehead atoms. The van der Waals surface area contributed by atoms with Crippen LogP contribution >= 0.6 is 0 Å². The molecule has 7 rings (SSSR count). The molecule has 7 aromatic rings. The van der Waals surface area contributed by atoms with Crippen molar-refractivity contribution in [2.75, 3.05) is 0 Å². The summed E-state index contributed by atoms with van der Waals surface area (Å²) in [6.07, 6.45) is 3.74. The molecule has 4 nitrogen and oxygen atoms in total. The van der Waals surface area contributed by atoms with Gasteiger partial charge in [-0.2, -0.15) is 0 Å². The first-order valence-electron chi connectivity index (χ1n) is 11.7. The van der Waals surface area contributed by atoms with Gasteiger partial charge in [0.1, 0.15) is 0 Å². The molecule has 4 aromatic carbocycles. The summed E-state index contributed by atoms with van der Waals surface area (Å²) < 4.78 is 4.54. The van der Waals surface area contributed by atoms with Gasteiger partial charge in [0, 0.05) is 33.4 Å². The van der Waals surface area contributed by atoms with E-state index in [-0.39, 0.29) is 0 Å². The lowest BCUT2D eigenvalue weighted by Crippen LogP contribution is -1.94. The molecule has 0 fully saturated rings. The summed E-state index contributed by atoms with van der Waals surface area (Å²) in [5.41, 5.74) is 10.9. The molecular weight excluding hydrogens is 428 g/mol. The molecule has 0 radical (unpaired) electrons. The van der Waals surface area contributed by atoms with Crippen molar-refractivity contribution in [2.45, 2.75) is 0 Å². The van der Waals surface area contributed by atoms with Crippen LogP contribution in [-0.2, 0) is 0 Å². The molecule has 4 heteroatoms. The number of hydrogen-bond acceptors (Lipinski definition) is 1. The van der Waals surface area contributed by atoms with Crippen molar-refractivity contribution >= 4 is 50.9 Å². The zero-order valence-electron chi connectivity index (χ0n) is 19.1. The first-order chi connectivity index (χ1) is 17.3. The highest BCUT2D eigenvalue weighted by atomic mass is 15.2. The predicted molar refractivity (Wildman–Crippen MR) is 147 cm³/mol. The van der Waals surface area contributed by atoms with Crippen LogP contribution in [0.1, 0.15) is 11.3 Å². The number of H-pyrrole nitrogens is 1. The van der Waals surface area contributed by atoms with Crippen molar-refractivity contribution in [1.29, 1.82) is 0 Å². The van der Waals surface area contributed by atoms with Crippen LogP contribution < -0.4 is 0 Å². The van der Waals surface area contributed by atoms with E-state index in [1.165, 1.54) is 0 Å². The van der Waals surface area contributed by atoms with E-state index in [1.54, 1.807) is 0 Å². The normalized spacial score (nSPS) is 11.7. The van der Waals surface area contributed by atoms with Gasteiger partial charge in [0.25, 0.3) is 0 Å². The molecule has 3 aromatic heterocycles. The minimum absolute atomic E-state index is 0.906. The smallest absolute Gasteiger partial charge is 0.220 e. The maximum absolute atomic E-state index is 5.05. The Morgan fingerprint density at radius 1 is 0.771 bits per heavy atom. The number of nitrogens with one attached hydrogen (secondary N) is 1. The van der Waals surface area contributed by atoms with E-state index in [9.17, 15) is 0 Å². The zero-order chi connectivity index (χ0) is 23.5. The number of nitrogens with zero attached hydrogens (tertiary/aromatic N) is 3.